The molecule has 0 atom stereocenters. The molecule has 0 aliphatic carbocycles. The smallest absolute Gasteiger partial charge is 0.191 e. The van der Waals surface area contributed by atoms with Crippen LogP contribution >= 0.6 is 24.0 Å². The summed E-state index contributed by atoms with van der Waals surface area (Å²) in [5.74, 6) is 1.85. The summed E-state index contributed by atoms with van der Waals surface area (Å²) in [6.07, 6.45) is 6.82. The third-order valence-corrected chi connectivity index (χ3v) is 5.58. The van der Waals surface area contributed by atoms with E-state index in [4.69, 9.17) is 14.1 Å². The Morgan fingerprint density at radius 2 is 2.09 bits per heavy atom. The summed E-state index contributed by atoms with van der Waals surface area (Å²) in [4.78, 5) is 7.11. The lowest BCUT2D eigenvalue weighted by Crippen LogP contribution is -2.49. The van der Waals surface area contributed by atoms with Crippen molar-refractivity contribution < 1.29 is 13.5 Å². The van der Waals surface area contributed by atoms with Gasteiger partial charge in [-0.15, -0.1) is 24.0 Å². The third-order valence-electron chi connectivity index (χ3n) is 5.58. The maximum Gasteiger partial charge on any atom is 0.191 e. The van der Waals surface area contributed by atoms with Crippen LogP contribution in [0, 0.1) is 5.82 Å². The number of aliphatic imine (C=N–C) groups is 1. The number of rotatable bonds is 10. The molecule has 8 heteroatoms. The van der Waals surface area contributed by atoms with Gasteiger partial charge in [0.05, 0.1) is 13.4 Å². The molecule has 0 amide bonds. The van der Waals surface area contributed by atoms with Crippen LogP contribution < -0.4 is 15.4 Å². The van der Waals surface area contributed by atoms with Crippen molar-refractivity contribution in [2.24, 2.45) is 4.99 Å². The molecule has 0 bridgehead atoms. The number of nitrogens with one attached hydrogen (secondary N) is 2. The molecule has 0 unspecified atom stereocenters. The molecule has 2 N–H and O–H groups in total. The Morgan fingerprint density at radius 3 is 2.75 bits per heavy atom. The predicted molar refractivity (Wildman–Crippen MR) is 137 cm³/mol. The first-order chi connectivity index (χ1) is 15.2. The fraction of sp³-hybridized carbons (Fsp3) is 0.542. The number of hydrogen-bond acceptors (Lipinski definition) is 4. The molecule has 0 radical (unpaired) electrons. The lowest BCUT2D eigenvalue weighted by Gasteiger charge is -2.33. The van der Waals surface area contributed by atoms with E-state index in [2.05, 4.69) is 22.5 Å². The first-order valence-corrected chi connectivity index (χ1v) is 11.3. The molecule has 1 aromatic carbocycles. The first kappa shape index (κ1) is 26.4. The van der Waals surface area contributed by atoms with E-state index in [1.54, 1.807) is 18.4 Å². The first-order valence-electron chi connectivity index (χ1n) is 11.3. The number of ether oxygens (including phenoxy) is 1. The largest absolute Gasteiger partial charge is 0.494 e. The number of guanidine groups is 1. The van der Waals surface area contributed by atoms with Crippen molar-refractivity contribution in [1.29, 1.82) is 0 Å². The quantitative estimate of drug-likeness (QED) is 0.194. The molecule has 1 aromatic heterocycles. The minimum Gasteiger partial charge on any atom is -0.494 e. The van der Waals surface area contributed by atoms with Gasteiger partial charge in [-0.1, -0.05) is 19.4 Å². The molecule has 2 aromatic rings. The van der Waals surface area contributed by atoms with Crippen molar-refractivity contribution >= 4 is 29.9 Å². The van der Waals surface area contributed by atoms with Crippen molar-refractivity contribution in [3.8, 4) is 5.75 Å². The van der Waals surface area contributed by atoms with E-state index in [-0.39, 0.29) is 29.8 Å². The van der Waals surface area contributed by atoms with E-state index in [0.717, 1.165) is 82.1 Å². The number of hydrogen-bond donors (Lipinski definition) is 2. The van der Waals surface area contributed by atoms with Crippen LogP contribution in [0.5, 0.6) is 5.75 Å². The lowest BCUT2D eigenvalue weighted by molar-refractivity contribution is 0.198. The summed E-state index contributed by atoms with van der Waals surface area (Å²) in [6.45, 7) is 6.49. The van der Waals surface area contributed by atoms with E-state index in [1.165, 1.54) is 7.11 Å². The van der Waals surface area contributed by atoms with Crippen molar-refractivity contribution in [2.75, 3.05) is 33.3 Å². The average Bonchev–Trinajstić information content (AvgIpc) is 3.29. The Kier molecular flexibility index (Phi) is 11.9. The minimum absolute atomic E-state index is 0. The third kappa shape index (κ3) is 8.61. The number of nitrogens with zero attached hydrogens (tertiary/aromatic N) is 2. The average molecular weight is 558 g/mol. The highest BCUT2D eigenvalue weighted by molar-refractivity contribution is 14.0. The monoisotopic (exact) mass is 558 g/mol. The van der Waals surface area contributed by atoms with Gasteiger partial charge in [0.2, 0.25) is 0 Å². The van der Waals surface area contributed by atoms with E-state index in [9.17, 15) is 4.39 Å². The molecule has 2 heterocycles. The maximum atomic E-state index is 13.9. The summed E-state index contributed by atoms with van der Waals surface area (Å²) in [6, 6.07) is 9.51. The van der Waals surface area contributed by atoms with Crippen molar-refractivity contribution in [2.45, 2.75) is 51.6 Å². The molecule has 1 aliphatic rings. The predicted octanol–water partition coefficient (Wildman–Crippen LogP) is 4.59. The van der Waals surface area contributed by atoms with E-state index in [0.29, 0.717) is 11.8 Å². The highest BCUT2D eigenvalue weighted by Gasteiger charge is 2.20. The van der Waals surface area contributed by atoms with Gasteiger partial charge in [0.25, 0.3) is 0 Å². The molecule has 178 valence electrons. The number of benzene rings is 1. The standard InChI is InChI=1S/C24H35FN4O2.HI/c1-3-4-12-26-24(27-13-9-21-6-5-16-31-21)28-20-10-14-29(15-11-20)18-19-7-8-23(30-2)22(25)17-19;/h5-8,16-17,20H,3-4,9-15,18H2,1-2H3,(H2,26,27,28);1H. The van der Waals surface area contributed by atoms with E-state index in [1.807, 2.05) is 18.2 Å². The van der Waals surface area contributed by atoms with Gasteiger partial charge in [0.15, 0.2) is 17.5 Å². The zero-order valence-electron chi connectivity index (χ0n) is 19.1. The lowest BCUT2D eigenvalue weighted by atomic mass is 10.0. The zero-order valence-corrected chi connectivity index (χ0v) is 21.4. The van der Waals surface area contributed by atoms with Crippen LogP contribution in [0.25, 0.3) is 0 Å². The van der Waals surface area contributed by atoms with E-state index < -0.39 is 0 Å². The number of unbranched alkanes of at least 4 members (excludes halogenated alkanes) is 1. The number of methoxy groups -OCH3 is 1. The van der Waals surface area contributed by atoms with Gasteiger partial charge >= 0.3 is 0 Å². The van der Waals surface area contributed by atoms with Crippen LogP contribution in [0.15, 0.2) is 46.0 Å². The highest BCUT2D eigenvalue weighted by atomic mass is 127. The number of halogens is 2. The summed E-state index contributed by atoms with van der Waals surface area (Å²) in [5.41, 5.74) is 0.978. The second-order valence-corrected chi connectivity index (χ2v) is 8.00. The Labute approximate surface area is 208 Å². The molecular weight excluding hydrogens is 522 g/mol. The van der Waals surface area contributed by atoms with Gasteiger partial charge in [-0.2, -0.15) is 0 Å². The van der Waals surface area contributed by atoms with Gasteiger partial charge in [-0.05, 0) is 49.1 Å². The second kappa shape index (κ2) is 14.4. The van der Waals surface area contributed by atoms with Gasteiger partial charge < -0.3 is 19.8 Å². The number of piperidine rings is 1. The zero-order chi connectivity index (χ0) is 21.9. The molecular formula is C24H36FIN4O2. The van der Waals surface area contributed by atoms with Crippen molar-refractivity contribution in [3.63, 3.8) is 0 Å². The SMILES string of the molecule is CCCCN=C(NCCc1ccco1)NC1CCN(Cc2ccc(OC)c(F)c2)CC1.I. The molecule has 1 saturated heterocycles. The Bertz CT molecular complexity index is 808. The summed E-state index contributed by atoms with van der Waals surface area (Å²) >= 11 is 0. The van der Waals surface area contributed by atoms with Crippen LogP contribution in [0.1, 0.15) is 43.9 Å². The molecule has 1 fully saturated rings. The maximum absolute atomic E-state index is 13.9. The van der Waals surface area contributed by atoms with Gasteiger partial charge in [0.1, 0.15) is 5.76 Å². The molecule has 0 spiro atoms. The molecule has 6 nitrogen and oxygen atoms in total. The summed E-state index contributed by atoms with van der Waals surface area (Å²) in [5, 5.41) is 7.05. The fourth-order valence-electron chi connectivity index (χ4n) is 3.76. The minimum atomic E-state index is -0.301. The number of furan rings is 1. The fourth-order valence-corrected chi connectivity index (χ4v) is 3.76. The molecule has 3 rings (SSSR count). The van der Waals surface area contributed by atoms with Gasteiger partial charge in [0, 0.05) is 45.2 Å². The Hall–Kier alpha value is -1.81. The normalized spacial score (nSPS) is 15.3. The topological polar surface area (TPSA) is 62.0 Å². The van der Waals surface area contributed by atoms with Crippen LogP contribution in [-0.4, -0.2) is 50.2 Å². The highest BCUT2D eigenvalue weighted by Crippen LogP contribution is 2.20. The van der Waals surface area contributed by atoms with Crippen LogP contribution in [0.2, 0.25) is 0 Å². The van der Waals surface area contributed by atoms with Crippen molar-refractivity contribution in [1.82, 2.24) is 15.5 Å². The number of likely N-dealkylation sites (tertiary alicyclic amines) is 1. The Balaban J connectivity index is 0.00000363. The van der Waals surface area contributed by atoms with Crippen LogP contribution in [0.3, 0.4) is 0 Å². The van der Waals surface area contributed by atoms with E-state index >= 15 is 0 Å². The second-order valence-electron chi connectivity index (χ2n) is 8.00. The Morgan fingerprint density at radius 1 is 1.28 bits per heavy atom. The molecule has 32 heavy (non-hydrogen) atoms. The van der Waals surface area contributed by atoms with Crippen LogP contribution in [-0.2, 0) is 13.0 Å². The van der Waals surface area contributed by atoms with Gasteiger partial charge in [-0.3, -0.25) is 9.89 Å². The molecule has 0 saturated carbocycles. The van der Waals surface area contributed by atoms with Crippen LogP contribution in [0.4, 0.5) is 4.39 Å². The molecule has 1 aliphatic heterocycles. The van der Waals surface area contributed by atoms with Crippen molar-refractivity contribution in [3.05, 3.63) is 53.7 Å². The summed E-state index contributed by atoms with van der Waals surface area (Å²) in [7, 11) is 1.49. The summed E-state index contributed by atoms with van der Waals surface area (Å²) < 4.78 is 24.4. The van der Waals surface area contributed by atoms with Gasteiger partial charge in [-0.25, -0.2) is 4.39 Å².